The summed E-state index contributed by atoms with van der Waals surface area (Å²) < 4.78 is 5.24. The van der Waals surface area contributed by atoms with Gasteiger partial charge in [-0.05, 0) is 44.4 Å². The predicted molar refractivity (Wildman–Crippen MR) is 86.0 cm³/mol. The zero-order valence-electron chi connectivity index (χ0n) is 13.7. The summed E-state index contributed by atoms with van der Waals surface area (Å²) in [7, 11) is 0. The van der Waals surface area contributed by atoms with Gasteiger partial charge in [-0.25, -0.2) is 0 Å². The van der Waals surface area contributed by atoms with Crippen LogP contribution in [0.1, 0.15) is 37.0 Å². The SMILES string of the molecule is CC(C)OC(=O)[C@@H]1CC=CC[C@@H]1C(=O)Nc1ccc(C(=O)[O-])cc1. The second kappa shape index (κ2) is 7.77. The van der Waals surface area contributed by atoms with Crippen LogP contribution in [0.5, 0.6) is 0 Å². The fourth-order valence-electron chi connectivity index (χ4n) is 2.61. The summed E-state index contributed by atoms with van der Waals surface area (Å²) in [5.74, 6) is -2.96. The summed E-state index contributed by atoms with van der Waals surface area (Å²) in [5, 5.41) is 13.5. The first-order valence-electron chi connectivity index (χ1n) is 7.86. The van der Waals surface area contributed by atoms with Crippen LogP contribution in [0.25, 0.3) is 0 Å². The lowest BCUT2D eigenvalue weighted by molar-refractivity contribution is -0.255. The van der Waals surface area contributed by atoms with Crippen LogP contribution in [0.4, 0.5) is 5.69 Å². The maximum atomic E-state index is 12.5. The van der Waals surface area contributed by atoms with Gasteiger partial charge in [0.2, 0.25) is 5.91 Å². The molecule has 2 rings (SSSR count). The Morgan fingerprint density at radius 1 is 1.08 bits per heavy atom. The lowest BCUT2D eigenvalue weighted by Gasteiger charge is -2.26. The average Bonchev–Trinajstić information content (AvgIpc) is 2.54. The van der Waals surface area contributed by atoms with Gasteiger partial charge >= 0.3 is 5.97 Å². The van der Waals surface area contributed by atoms with Crippen molar-refractivity contribution in [2.45, 2.75) is 32.8 Å². The number of esters is 1. The zero-order valence-corrected chi connectivity index (χ0v) is 13.7. The van der Waals surface area contributed by atoms with E-state index < -0.39 is 17.8 Å². The average molecular weight is 330 g/mol. The van der Waals surface area contributed by atoms with E-state index in [1.54, 1.807) is 13.8 Å². The fourth-order valence-corrected chi connectivity index (χ4v) is 2.61. The first-order valence-corrected chi connectivity index (χ1v) is 7.86. The van der Waals surface area contributed by atoms with Crippen LogP contribution in [-0.4, -0.2) is 23.9 Å². The van der Waals surface area contributed by atoms with Gasteiger partial charge in [0.1, 0.15) is 0 Å². The maximum absolute atomic E-state index is 12.5. The van der Waals surface area contributed by atoms with E-state index in [4.69, 9.17) is 4.74 Å². The highest BCUT2D eigenvalue weighted by atomic mass is 16.5. The fraction of sp³-hybridized carbons (Fsp3) is 0.389. The van der Waals surface area contributed by atoms with Crippen molar-refractivity contribution in [3.63, 3.8) is 0 Å². The third kappa shape index (κ3) is 4.44. The molecule has 0 spiro atoms. The Balaban J connectivity index is 2.07. The Morgan fingerprint density at radius 3 is 2.21 bits per heavy atom. The molecule has 1 N–H and O–H groups in total. The van der Waals surface area contributed by atoms with E-state index >= 15 is 0 Å². The van der Waals surface area contributed by atoms with Gasteiger partial charge in [0.25, 0.3) is 0 Å². The first-order chi connectivity index (χ1) is 11.4. The molecule has 0 saturated heterocycles. The van der Waals surface area contributed by atoms with Gasteiger partial charge < -0.3 is 20.0 Å². The summed E-state index contributed by atoms with van der Waals surface area (Å²) in [6.45, 7) is 3.54. The van der Waals surface area contributed by atoms with Crippen molar-refractivity contribution in [3.8, 4) is 0 Å². The number of hydrogen-bond donors (Lipinski definition) is 1. The monoisotopic (exact) mass is 330 g/mol. The molecule has 1 aromatic carbocycles. The molecule has 0 bridgehead atoms. The summed E-state index contributed by atoms with van der Waals surface area (Å²) in [6, 6.07) is 5.69. The Hall–Kier alpha value is -2.63. The Bertz CT molecular complexity index is 648. The van der Waals surface area contributed by atoms with E-state index in [1.807, 2.05) is 12.2 Å². The molecule has 0 radical (unpaired) electrons. The van der Waals surface area contributed by atoms with Crippen LogP contribution in [-0.2, 0) is 14.3 Å². The number of carboxylic acids is 1. The second-order valence-corrected chi connectivity index (χ2v) is 6.00. The molecule has 6 nitrogen and oxygen atoms in total. The largest absolute Gasteiger partial charge is 0.545 e. The van der Waals surface area contributed by atoms with Gasteiger partial charge in [-0.2, -0.15) is 0 Å². The number of hydrogen-bond acceptors (Lipinski definition) is 5. The smallest absolute Gasteiger partial charge is 0.310 e. The number of ether oxygens (including phenoxy) is 1. The number of carbonyl (C=O) groups excluding carboxylic acids is 3. The molecule has 1 amide bonds. The topological polar surface area (TPSA) is 95.5 Å². The van der Waals surface area contributed by atoms with Crippen LogP contribution >= 0.6 is 0 Å². The minimum Gasteiger partial charge on any atom is -0.545 e. The lowest BCUT2D eigenvalue weighted by atomic mass is 9.82. The summed E-state index contributed by atoms with van der Waals surface area (Å²) in [5.41, 5.74) is 0.502. The molecule has 1 aromatic rings. The van der Waals surface area contributed by atoms with Crippen LogP contribution < -0.4 is 10.4 Å². The maximum Gasteiger partial charge on any atom is 0.310 e. The van der Waals surface area contributed by atoms with E-state index in [9.17, 15) is 19.5 Å². The summed E-state index contributed by atoms with van der Waals surface area (Å²) in [4.78, 5) is 35.4. The third-order valence-corrected chi connectivity index (χ3v) is 3.81. The zero-order chi connectivity index (χ0) is 17.7. The number of carboxylic acid groups (broad SMARTS) is 1. The van der Waals surface area contributed by atoms with Gasteiger partial charge in [-0.1, -0.05) is 24.3 Å². The molecule has 0 aromatic heterocycles. The standard InChI is InChI=1S/C18H21NO5/c1-11(2)24-18(23)15-6-4-3-5-14(15)16(20)19-13-9-7-12(8-10-13)17(21)22/h3-4,7-11,14-15H,5-6H2,1-2H3,(H,19,20)(H,21,22)/p-1/t14-,15+/m0/s1. The molecule has 1 aliphatic carbocycles. The third-order valence-electron chi connectivity index (χ3n) is 3.81. The number of allylic oxidation sites excluding steroid dienone is 2. The molecule has 0 fully saturated rings. The van der Waals surface area contributed by atoms with Crippen molar-refractivity contribution in [1.29, 1.82) is 0 Å². The molecular formula is C18H20NO5-. The Labute approximate surface area is 140 Å². The molecule has 0 aliphatic heterocycles. The van der Waals surface area contributed by atoms with Crippen LogP contribution in [0, 0.1) is 11.8 Å². The molecule has 0 heterocycles. The van der Waals surface area contributed by atoms with E-state index in [1.165, 1.54) is 24.3 Å². The Kier molecular flexibility index (Phi) is 5.73. The summed E-state index contributed by atoms with van der Waals surface area (Å²) >= 11 is 0. The van der Waals surface area contributed by atoms with Gasteiger partial charge in [0, 0.05) is 5.69 Å². The Morgan fingerprint density at radius 2 is 1.67 bits per heavy atom. The van der Waals surface area contributed by atoms with Crippen molar-refractivity contribution >= 4 is 23.5 Å². The van der Waals surface area contributed by atoms with Crippen molar-refractivity contribution in [2.24, 2.45) is 11.8 Å². The second-order valence-electron chi connectivity index (χ2n) is 6.00. The lowest BCUT2D eigenvalue weighted by Crippen LogP contribution is -2.36. The van der Waals surface area contributed by atoms with Crippen LogP contribution in [0.2, 0.25) is 0 Å². The van der Waals surface area contributed by atoms with Gasteiger partial charge in [0.15, 0.2) is 0 Å². The number of amides is 1. The quantitative estimate of drug-likeness (QED) is 0.652. The molecular weight excluding hydrogens is 310 g/mol. The van der Waals surface area contributed by atoms with Crippen LogP contribution in [0.15, 0.2) is 36.4 Å². The number of benzene rings is 1. The van der Waals surface area contributed by atoms with E-state index in [-0.39, 0.29) is 23.5 Å². The van der Waals surface area contributed by atoms with Crippen molar-refractivity contribution < 1.29 is 24.2 Å². The van der Waals surface area contributed by atoms with E-state index in [2.05, 4.69) is 5.32 Å². The number of nitrogens with one attached hydrogen (secondary N) is 1. The van der Waals surface area contributed by atoms with Gasteiger partial charge in [0.05, 0.1) is 23.9 Å². The minimum atomic E-state index is -1.28. The van der Waals surface area contributed by atoms with Crippen molar-refractivity contribution in [3.05, 3.63) is 42.0 Å². The number of anilines is 1. The number of rotatable bonds is 5. The molecule has 128 valence electrons. The summed E-state index contributed by atoms with van der Waals surface area (Å²) in [6.07, 6.45) is 4.45. The predicted octanol–water partition coefficient (Wildman–Crippen LogP) is 1.52. The molecule has 0 saturated carbocycles. The van der Waals surface area contributed by atoms with Crippen molar-refractivity contribution in [2.75, 3.05) is 5.32 Å². The molecule has 0 unspecified atom stereocenters. The van der Waals surface area contributed by atoms with Gasteiger partial charge in [-0.3, -0.25) is 9.59 Å². The van der Waals surface area contributed by atoms with Crippen LogP contribution in [0.3, 0.4) is 0 Å². The first kappa shape index (κ1) is 17.7. The highest BCUT2D eigenvalue weighted by molar-refractivity contribution is 5.96. The van der Waals surface area contributed by atoms with E-state index in [0.717, 1.165) is 0 Å². The normalized spacial score (nSPS) is 19.8. The highest BCUT2D eigenvalue weighted by Crippen LogP contribution is 2.28. The van der Waals surface area contributed by atoms with Crippen molar-refractivity contribution in [1.82, 2.24) is 0 Å². The molecule has 6 heteroatoms. The molecule has 2 atom stereocenters. The highest BCUT2D eigenvalue weighted by Gasteiger charge is 2.35. The number of carbonyl (C=O) groups is 3. The minimum absolute atomic E-state index is 0.0342. The molecule has 24 heavy (non-hydrogen) atoms. The number of aromatic carboxylic acids is 1. The molecule has 1 aliphatic rings. The van der Waals surface area contributed by atoms with E-state index in [0.29, 0.717) is 18.5 Å². The van der Waals surface area contributed by atoms with Gasteiger partial charge in [-0.15, -0.1) is 0 Å².